The molecule has 1 saturated heterocycles. The van der Waals surface area contributed by atoms with Gasteiger partial charge in [-0.05, 0) is 62.1 Å². The number of hydrogen-bond acceptors (Lipinski definition) is 3. The highest BCUT2D eigenvalue weighted by atomic mass is 16.3. The van der Waals surface area contributed by atoms with Gasteiger partial charge < -0.3 is 10.1 Å². The van der Waals surface area contributed by atoms with Gasteiger partial charge in [0, 0.05) is 33.4 Å². The van der Waals surface area contributed by atoms with Crippen molar-refractivity contribution in [2.75, 3.05) is 4.90 Å². The number of para-hydroxylation sites is 1. The van der Waals surface area contributed by atoms with Crippen molar-refractivity contribution >= 4 is 34.0 Å². The monoisotopic (exact) mass is 464 g/mol. The number of aliphatic hydroxyl groups is 1. The van der Waals surface area contributed by atoms with Crippen molar-refractivity contribution < 1.29 is 14.7 Å². The van der Waals surface area contributed by atoms with Gasteiger partial charge in [-0.3, -0.25) is 14.5 Å². The molecule has 1 atom stereocenters. The van der Waals surface area contributed by atoms with Crippen molar-refractivity contribution in [1.82, 2.24) is 4.98 Å². The van der Waals surface area contributed by atoms with E-state index in [1.165, 1.54) is 4.90 Å². The fourth-order valence-electron chi connectivity index (χ4n) is 5.17. The van der Waals surface area contributed by atoms with Crippen molar-refractivity contribution in [2.45, 2.75) is 40.2 Å². The Morgan fingerprint density at radius 3 is 2.26 bits per heavy atom. The molecule has 2 heterocycles. The quantitative estimate of drug-likeness (QED) is 0.212. The molecule has 5 nitrogen and oxygen atoms in total. The summed E-state index contributed by atoms with van der Waals surface area (Å²) in [6, 6.07) is 20.4. The van der Waals surface area contributed by atoms with E-state index in [9.17, 15) is 14.7 Å². The average molecular weight is 465 g/mol. The molecule has 3 aromatic carbocycles. The number of nitrogens with zero attached hydrogens (tertiary/aromatic N) is 1. The van der Waals surface area contributed by atoms with Gasteiger partial charge in [-0.1, -0.05) is 55.5 Å². The average Bonchev–Trinajstić information content (AvgIpc) is 3.30. The van der Waals surface area contributed by atoms with E-state index >= 15 is 0 Å². The van der Waals surface area contributed by atoms with Gasteiger partial charge in [-0.25, -0.2) is 0 Å². The number of benzene rings is 3. The Balaban J connectivity index is 1.81. The van der Waals surface area contributed by atoms with Gasteiger partial charge in [-0.15, -0.1) is 0 Å². The maximum absolute atomic E-state index is 13.5. The molecule has 1 fully saturated rings. The van der Waals surface area contributed by atoms with Gasteiger partial charge in [0.05, 0.1) is 11.6 Å². The summed E-state index contributed by atoms with van der Waals surface area (Å²) in [6.07, 6.45) is 0.868. The number of amides is 1. The second kappa shape index (κ2) is 8.58. The second-order valence-electron chi connectivity index (χ2n) is 9.27. The largest absolute Gasteiger partial charge is 0.507 e. The normalized spacial score (nSPS) is 17.5. The van der Waals surface area contributed by atoms with Gasteiger partial charge in [0.15, 0.2) is 0 Å². The Bertz CT molecular complexity index is 1490. The zero-order chi connectivity index (χ0) is 24.9. The molecule has 1 amide bonds. The fraction of sp³-hybridized carbons (Fsp3) is 0.200. The second-order valence-corrected chi connectivity index (χ2v) is 9.27. The van der Waals surface area contributed by atoms with Crippen LogP contribution in [0.25, 0.3) is 16.7 Å². The van der Waals surface area contributed by atoms with Crippen molar-refractivity contribution in [1.29, 1.82) is 0 Å². The number of nitrogens with one attached hydrogen (secondary N) is 1. The molecule has 0 saturated carbocycles. The Kier molecular flexibility index (Phi) is 5.56. The van der Waals surface area contributed by atoms with Crippen LogP contribution >= 0.6 is 0 Å². The number of rotatable bonds is 4. The van der Waals surface area contributed by atoms with Crippen LogP contribution in [0.3, 0.4) is 0 Å². The maximum atomic E-state index is 13.5. The molecule has 35 heavy (non-hydrogen) atoms. The third kappa shape index (κ3) is 3.73. The van der Waals surface area contributed by atoms with Crippen LogP contribution in [0.1, 0.15) is 46.5 Å². The first-order valence-corrected chi connectivity index (χ1v) is 11.9. The third-order valence-corrected chi connectivity index (χ3v) is 6.78. The summed E-state index contributed by atoms with van der Waals surface area (Å²) >= 11 is 0. The van der Waals surface area contributed by atoms with Crippen LogP contribution in [0.5, 0.6) is 0 Å². The number of Topliss-reactive ketones (excluding diaryl/α,β-unsaturated/α-hetero) is 1. The van der Waals surface area contributed by atoms with Gasteiger partial charge >= 0.3 is 0 Å². The molecule has 5 heteroatoms. The molecule has 1 aliphatic rings. The molecule has 0 radical (unpaired) electrons. The first-order chi connectivity index (χ1) is 16.8. The Hall–Kier alpha value is -4.12. The van der Waals surface area contributed by atoms with E-state index in [-0.39, 0.29) is 11.3 Å². The van der Waals surface area contributed by atoms with Gasteiger partial charge in [0.1, 0.15) is 5.76 Å². The molecule has 0 bridgehead atoms. The van der Waals surface area contributed by atoms with Crippen LogP contribution in [-0.2, 0) is 16.0 Å². The summed E-state index contributed by atoms with van der Waals surface area (Å²) in [5.41, 5.74) is 6.94. The molecule has 1 unspecified atom stereocenters. The van der Waals surface area contributed by atoms with E-state index in [4.69, 9.17) is 0 Å². The molecule has 176 valence electrons. The molecule has 4 aromatic rings. The molecule has 2 N–H and O–H groups in total. The minimum absolute atomic E-state index is 0.103. The fourth-order valence-corrected chi connectivity index (χ4v) is 5.17. The first kappa shape index (κ1) is 22.7. The lowest BCUT2D eigenvalue weighted by molar-refractivity contribution is -0.132. The summed E-state index contributed by atoms with van der Waals surface area (Å²) in [5, 5.41) is 12.4. The van der Waals surface area contributed by atoms with Gasteiger partial charge in [-0.2, -0.15) is 0 Å². The minimum Gasteiger partial charge on any atom is -0.507 e. The number of hydrogen-bond donors (Lipinski definition) is 2. The SMILES string of the molecule is CCc1ccc(/C(O)=C2\C(=O)C(=O)N(c3cc(C)cc(C)c3)C2c2c(C)[nH]c3ccccc23)cc1. The van der Waals surface area contributed by atoms with E-state index in [0.717, 1.165) is 45.3 Å². The standard InChI is InChI=1S/C30H28N2O3/c1-5-20-10-12-21(13-11-20)28(33)26-27(25-19(4)31-24-9-7-6-8-23(24)25)32(30(35)29(26)34)22-15-17(2)14-18(3)16-22/h6-16,27,31,33H,5H2,1-4H3/b28-26+. The summed E-state index contributed by atoms with van der Waals surface area (Å²) in [5.74, 6) is -1.49. The minimum atomic E-state index is -0.766. The van der Waals surface area contributed by atoms with E-state index in [1.54, 1.807) is 12.1 Å². The van der Waals surface area contributed by atoms with Gasteiger partial charge in [0.2, 0.25) is 0 Å². The number of aromatic nitrogens is 1. The lowest BCUT2D eigenvalue weighted by atomic mass is 9.92. The number of aryl methyl sites for hydroxylation is 4. The molecule has 5 rings (SSSR count). The third-order valence-electron chi connectivity index (χ3n) is 6.78. The molecular weight excluding hydrogens is 436 g/mol. The van der Waals surface area contributed by atoms with Crippen molar-refractivity contribution in [3.05, 3.63) is 106 Å². The summed E-state index contributed by atoms with van der Waals surface area (Å²) in [6.45, 7) is 7.93. The lowest BCUT2D eigenvalue weighted by Gasteiger charge is -2.26. The van der Waals surface area contributed by atoms with E-state index in [1.807, 2.05) is 75.4 Å². The van der Waals surface area contributed by atoms with E-state index in [2.05, 4.69) is 11.9 Å². The Labute approximate surface area is 204 Å². The van der Waals surface area contributed by atoms with Crippen LogP contribution in [-0.4, -0.2) is 21.8 Å². The molecule has 0 aliphatic carbocycles. The van der Waals surface area contributed by atoms with Crippen molar-refractivity contribution in [3.8, 4) is 0 Å². The first-order valence-electron chi connectivity index (χ1n) is 11.9. The Morgan fingerprint density at radius 2 is 1.60 bits per heavy atom. The number of H-pyrrole nitrogens is 1. The van der Waals surface area contributed by atoms with Crippen molar-refractivity contribution in [3.63, 3.8) is 0 Å². The maximum Gasteiger partial charge on any atom is 0.300 e. The highest BCUT2D eigenvalue weighted by molar-refractivity contribution is 6.52. The van der Waals surface area contributed by atoms with Crippen LogP contribution < -0.4 is 4.90 Å². The van der Waals surface area contributed by atoms with Crippen molar-refractivity contribution in [2.24, 2.45) is 0 Å². The van der Waals surface area contributed by atoms with Crippen LogP contribution in [0.4, 0.5) is 5.69 Å². The predicted molar refractivity (Wildman–Crippen MR) is 140 cm³/mol. The number of fused-ring (bicyclic) bond motifs is 1. The number of aliphatic hydroxyl groups excluding tert-OH is 1. The van der Waals surface area contributed by atoms with E-state index in [0.29, 0.717) is 11.3 Å². The molecular formula is C30H28N2O3. The number of anilines is 1. The lowest BCUT2D eigenvalue weighted by Crippen LogP contribution is -2.29. The zero-order valence-electron chi connectivity index (χ0n) is 20.3. The number of aromatic amines is 1. The predicted octanol–water partition coefficient (Wildman–Crippen LogP) is 6.28. The summed E-state index contributed by atoms with van der Waals surface area (Å²) in [7, 11) is 0. The molecule has 1 aliphatic heterocycles. The highest BCUT2D eigenvalue weighted by Crippen LogP contribution is 2.45. The summed E-state index contributed by atoms with van der Waals surface area (Å²) in [4.78, 5) is 32.0. The number of ketones is 1. The smallest absolute Gasteiger partial charge is 0.300 e. The zero-order valence-corrected chi connectivity index (χ0v) is 20.3. The molecule has 1 aromatic heterocycles. The number of carbonyl (C=O) groups excluding carboxylic acids is 2. The Morgan fingerprint density at radius 1 is 0.943 bits per heavy atom. The summed E-state index contributed by atoms with van der Waals surface area (Å²) < 4.78 is 0. The van der Waals surface area contributed by atoms with E-state index < -0.39 is 17.7 Å². The number of carbonyl (C=O) groups is 2. The van der Waals surface area contributed by atoms with Crippen LogP contribution in [0.15, 0.2) is 72.3 Å². The van der Waals surface area contributed by atoms with Crippen LogP contribution in [0.2, 0.25) is 0 Å². The highest BCUT2D eigenvalue weighted by Gasteiger charge is 2.48. The topological polar surface area (TPSA) is 73.4 Å². The molecule has 0 spiro atoms. The van der Waals surface area contributed by atoms with Crippen LogP contribution in [0, 0.1) is 20.8 Å². The van der Waals surface area contributed by atoms with Gasteiger partial charge in [0.25, 0.3) is 11.7 Å².